The van der Waals surface area contributed by atoms with E-state index in [-0.39, 0.29) is 0 Å². The second-order valence-corrected chi connectivity index (χ2v) is 5.46. The van der Waals surface area contributed by atoms with Gasteiger partial charge in [0.05, 0.1) is 0 Å². The quantitative estimate of drug-likeness (QED) is 0.532. The van der Waals surface area contributed by atoms with Crippen LogP contribution >= 0.6 is 0 Å². The molecule has 1 saturated carbocycles. The fourth-order valence-electron chi connectivity index (χ4n) is 2.01. The van der Waals surface area contributed by atoms with Gasteiger partial charge in [-0.05, 0) is 32.7 Å². The maximum atomic E-state index is 3.64. The summed E-state index contributed by atoms with van der Waals surface area (Å²) in [7, 11) is 0. The van der Waals surface area contributed by atoms with Gasteiger partial charge in [-0.15, -0.1) is 0 Å². The molecule has 15 heavy (non-hydrogen) atoms. The van der Waals surface area contributed by atoms with Crippen LogP contribution in [0, 0.1) is 0 Å². The first-order valence-electron chi connectivity index (χ1n) is 7.02. The zero-order valence-electron chi connectivity index (χ0n) is 10.8. The van der Waals surface area contributed by atoms with Crippen molar-refractivity contribution in [2.45, 2.75) is 83.6 Å². The first-order valence-corrected chi connectivity index (χ1v) is 7.02. The number of nitrogens with one attached hydrogen (secondary N) is 1. The second kappa shape index (κ2) is 7.27. The zero-order chi connectivity index (χ0) is 11.0. The Morgan fingerprint density at radius 2 is 1.40 bits per heavy atom. The Labute approximate surface area is 96.0 Å². The van der Waals surface area contributed by atoms with Gasteiger partial charge >= 0.3 is 0 Å². The molecule has 1 nitrogen and oxygen atoms in total. The third-order valence-corrected chi connectivity index (χ3v) is 3.58. The summed E-state index contributed by atoms with van der Waals surface area (Å²) in [5.41, 5.74) is 0.543. The molecule has 0 aromatic carbocycles. The van der Waals surface area contributed by atoms with Crippen LogP contribution in [-0.2, 0) is 0 Å². The molecule has 1 N–H and O–H groups in total. The van der Waals surface area contributed by atoms with Crippen LogP contribution in [0.2, 0.25) is 0 Å². The Bertz CT molecular complexity index is 149. The molecule has 0 aromatic heterocycles. The van der Waals surface area contributed by atoms with Crippen molar-refractivity contribution in [2.75, 3.05) is 6.54 Å². The van der Waals surface area contributed by atoms with E-state index in [1.807, 2.05) is 0 Å². The van der Waals surface area contributed by atoms with Gasteiger partial charge < -0.3 is 5.32 Å². The van der Waals surface area contributed by atoms with Gasteiger partial charge in [-0.1, -0.05) is 51.9 Å². The Balaban J connectivity index is 1.70. The third-order valence-electron chi connectivity index (χ3n) is 3.58. The lowest BCUT2D eigenvalue weighted by molar-refractivity contribution is 0.501. The molecule has 0 heterocycles. The number of unbranched alkanes of at least 4 members (excludes halogenated alkanes) is 7. The van der Waals surface area contributed by atoms with Gasteiger partial charge in [-0.25, -0.2) is 0 Å². The Morgan fingerprint density at radius 3 is 1.93 bits per heavy atom. The van der Waals surface area contributed by atoms with E-state index in [1.165, 1.54) is 70.8 Å². The normalized spacial score (nSPS) is 18.0. The number of hydrogen-bond donors (Lipinski definition) is 1. The standard InChI is InChI=1S/C14H29N/c1-3-4-5-6-7-8-9-10-13-15-14(2)11-12-14/h15H,3-13H2,1-2H3. The minimum absolute atomic E-state index is 0.543. The molecule has 0 bridgehead atoms. The van der Waals surface area contributed by atoms with Crippen molar-refractivity contribution in [2.24, 2.45) is 0 Å². The summed E-state index contributed by atoms with van der Waals surface area (Å²) in [5.74, 6) is 0. The molecular weight excluding hydrogens is 182 g/mol. The Hall–Kier alpha value is -0.0400. The molecule has 1 aliphatic carbocycles. The molecule has 0 unspecified atom stereocenters. The highest BCUT2D eigenvalue weighted by molar-refractivity contribution is 4.97. The van der Waals surface area contributed by atoms with Crippen LogP contribution in [0.4, 0.5) is 0 Å². The van der Waals surface area contributed by atoms with Crippen molar-refractivity contribution in [1.82, 2.24) is 5.32 Å². The maximum absolute atomic E-state index is 3.64. The van der Waals surface area contributed by atoms with Crippen LogP contribution < -0.4 is 5.32 Å². The van der Waals surface area contributed by atoms with Crippen molar-refractivity contribution in [1.29, 1.82) is 0 Å². The lowest BCUT2D eigenvalue weighted by atomic mass is 10.1. The highest BCUT2D eigenvalue weighted by Gasteiger charge is 2.35. The van der Waals surface area contributed by atoms with E-state index in [0.29, 0.717) is 5.54 Å². The SMILES string of the molecule is CCCCCCCCCCNC1(C)CC1. The molecule has 0 spiro atoms. The Kier molecular flexibility index (Phi) is 6.31. The van der Waals surface area contributed by atoms with Crippen LogP contribution in [0.15, 0.2) is 0 Å². The van der Waals surface area contributed by atoms with Crippen molar-refractivity contribution in [3.8, 4) is 0 Å². The van der Waals surface area contributed by atoms with Gasteiger partial charge in [-0.2, -0.15) is 0 Å². The summed E-state index contributed by atoms with van der Waals surface area (Å²) in [6.45, 7) is 5.87. The van der Waals surface area contributed by atoms with Crippen LogP contribution in [0.5, 0.6) is 0 Å². The predicted octanol–water partition coefficient (Wildman–Crippen LogP) is 4.27. The second-order valence-electron chi connectivity index (χ2n) is 5.46. The summed E-state index contributed by atoms with van der Waals surface area (Å²) in [6.07, 6.45) is 14.2. The fraction of sp³-hybridized carbons (Fsp3) is 1.00. The highest BCUT2D eigenvalue weighted by atomic mass is 15.0. The summed E-state index contributed by atoms with van der Waals surface area (Å²) < 4.78 is 0. The molecular formula is C14H29N. The fourth-order valence-corrected chi connectivity index (χ4v) is 2.01. The molecule has 1 heteroatoms. The molecule has 0 aromatic rings. The molecule has 1 rings (SSSR count). The molecule has 0 radical (unpaired) electrons. The van der Waals surface area contributed by atoms with E-state index >= 15 is 0 Å². The van der Waals surface area contributed by atoms with Gasteiger partial charge in [0.2, 0.25) is 0 Å². The van der Waals surface area contributed by atoms with Crippen molar-refractivity contribution in [3.63, 3.8) is 0 Å². The molecule has 90 valence electrons. The highest BCUT2D eigenvalue weighted by Crippen LogP contribution is 2.34. The molecule has 1 aliphatic rings. The average molecular weight is 211 g/mol. The Morgan fingerprint density at radius 1 is 0.867 bits per heavy atom. The van der Waals surface area contributed by atoms with Gasteiger partial charge in [0.1, 0.15) is 0 Å². The van der Waals surface area contributed by atoms with Gasteiger partial charge in [0.15, 0.2) is 0 Å². The summed E-state index contributed by atoms with van der Waals surface area (Å²) in [5, 5.41) is 3.64. The van der Waals surface area contributed by atoms with Crippen LogP contribution in [0.3, 0.4) is 0 Å². The third kappa shape index (κ3) is 6.94. The van der Waals surface area contributed by atoms with Crippen LogP contribution in [0.25, 0.3) is 0 Å². The van der Waals surface area contributed by atoms with Crippen molar-refractivity contribution < 1.29 is 0 Å². The minimum atomic E-state index is 0.543. The lowest BCUT2D eigenvalue weighted by Crippen LogP contribution is -2.28. The summed E-state index contributed by atoms with van der Waals surface area (Å²) in [4.78, 5) is 0. The predicted molar refractivity (Wildman–Crippen MR) is 68.3 cm³/mol. The zero-order valence-corrected chi connectivity index (χ0v) is 10.8. The molecule has 0 saturated heterocycles. The monoisotopic (exact) mass is 211 g/mol. The van der Waals surface area contributed by atoms with Gasteiger partial charge in [0, 0.05) is 5.54 Å². The topological polar surface area (TPSA) is 12.0 Å². The maximum Gasteiger partial charge on any atom is 0.0154 e. The van der Waals surface area contributed by atoms with Crippen molar-refractivity contribution in [3.05, 3.63) is 0 Å². The van der Waals surface area contributed by atoms with Crippen LogP contribution in [-0.4, -0.2) is 12.1 Å². The van der Waals surface area contributed by atoms with Gasteiger partial charge in [0.25, 0.3) is 0 Å². The first kappa shape index (κ1) is 13.0. The van der Waals surface area contributed by atoms with E-state index in [2.05, 4.69) is 19.2 Å². The van der Waals surface area contributed by atoms with Crippen molar-refractivity contribution >= 4 is 0 Å². The molecule has 0 amide bonds. The van der Waals surface area contributed by atoms with E-state index in [9.17, 15) is 0 Å². The average Bonchev–Trinajstić information content (AvgIpc) is 2.95. The van der Waals surface area contributed by atoms with E-state index in [4.69, 9.17) is 0 Å². The summed E-state index contributed by atoms with van der Waals surface area (Å²) in [6, 6.07) is 0. The molecule has 0 atom stereocenters. The lowest BCUT2D eigenvalue weighted by Gasteiger charge is -2.10. The van der Waals surface area contributed by atoms with E-state index < -0.39 is 0 Å². The smallest absolute Gasteiger partial charge is 0.0154 e. The van der Waals surface area contributed by atoms with Crippen LogP contribution in [0.1, 0.15) is 78.1 Å². The number of hydrogen-bond acceptors (Lipinski definition) is 1. The number of rotatable bonds is 10. The minimum Gasteiger partial charge on any atom is -0.312 e. The van der Waals surface area contributed by atoms with E-state index in [0.717, 1.165) is 0 Å². The summed E-state index contributed by atoms with van der Waals surface area (Å²) >= 11 is 0. The molecule has 0 aliphatic heterocycles. The molecule has 1 fully saturated rings. The van der Waals surface area contributed by atoms with E-state index in [1.54, 1.807) is 0 Å². The van der Waals surface area contributed by atoms with Gasteiger partial charge in [-0.3, -0.25) is 0 Å². The first-order chi connectivity index (χ1) is 7.27. The largest absolute Gasteiger partial charge is 0.312 e.